The summed E-state index contributed by atoms with van der Waals surface area (Å²) in [5.41, 5.74) is 1.89. The fourth-order valence-corrected chi connectivity index (χ4v) is 4.36. The van der Waals surface area contributed by atoms with Crippen molar-refractivity contribution in [3.05, 3.63) is 65.5 Å². The fourth-order valence-electron chi connectivity index (χ4n) is 3.51. The molecule has 1 unspecified atom stereocenters. The number of halogens is 1. The largest absolute Gasteiger partial charge is 0.354 e. The Morgan fingerprint density at radius 2 is 1.60 bits per heavy atom. The van der Waals surface area contributed by atoms with Gasteiger partial charge in [-0.3, -0.25) is 13.9 Å². The van der Waals surface area contributed by atoms with Crippen LogP contribution >= 0.6 is 0 Å². The monoisotopic (exact) mass is 505 g/mol. The predicted octanol–water partition coefficient (Wildman–Crippen LogP) is 3.83. The van der Waals surface area contributed by atoms with Crippen molar-refractivity contribution in [2.24, 2.45) is 0 Å². The summed E-state index contributed by atoms with van der Waals surface area (Å²) < 4.78 is 39.7. The molecule has 0 radical (unpaired) electrons. The van der Waals surface area contributed by atoms with Gasteiger partial charge in [0, 0.05) is 13.1 Å². The van der Waals surface area contributed by atoms with Gasteiger partial charge in [0.05, 0.1) is 11.9 Å². The summed E-state index contributed by atoms with van der Waals surface area (Å²) in [5.74, 6) is -1.30. The van der Waals surface area contributed by atoms with E-state index in [0.29, 0.717) is 17.8 Å². The molecule has 0 aliphatic rings. The third-order valence-corrected chi connectivity index (χ3v) is 6.82. The average Bonchev–Trinajstić information content (AvgIpc) is 2.78. The van der Waals surface area contributed by atoms with E-state index in [1.54, 1.807) is 19.1 Å². The maximum Gasteiger partial charge on any atom is 0.244 e. The van der Waals surface area contributed by atoms with Crippen molar-refractivity contribution in [2.75, 3.05) is 23.7 Å². The summed E-state index contributed by atoms with van der Waals surface area (Å²) >= 11 is 0. The van der Waals surface area contributed by atoms with Gasteiger partial charge >= 0.3 is 0 Å². The van der Waals surface area contributed by atoms with Crippen molar-refractivity contribution in [2.45, 2.75) is 59.0 Å². The van der Waals surface area contributed by atoms with Gasteiger partial charge in [-0.05, 0) is 54.2 Å². The summed E-state index contributed by atoms with van der Waals surface area (Å²) in [4.78, 5) is 27.5. The molecule has 0 fully saturated rings. The number of amides is 2. The number of benzene rings is 2. The molecule has 2 aromatic rings. The van der Waals surface area contributed by atoms with Gasteiger partial charge in [-0.2, -0.15) is 0 Å². The summed E-state index contributed by atoms with van der Waals surface area (Å²) in [7, 11) is -3.80. The van der Waals surface area contributed by atoms with E-state index in [9.17, 15) is 22.4 Å². The van der Waals surface area contributed by atoms with E-state index in [0.717, 1.165) is 22.5 Å². The Balaban J connectivity index is 2.37. The molecule has 0 aliphatic heterocycles. The van der Waals surface area contributed by atoms with Crippen LogP contribution in [0.3, 0.4) is 0 Å². The number of nitrogens with zero attached hydrogens (tertiary/aromatic N) is 2. The van der Waals surface area contributed by atoms with Gasteiger partial charge in [-0.25, -0.2) is 12.8 Å². The number of sulfonamides is 1. The van der Waals surface area contributed by atoms with Gasteiger partial charge in [-0.15, -0.1) is 0 Å². The Labute approximate surface area is 208 Å². The quantitative estimate of drug-likeness (QED) is 0.532. The number of carbonyl (C=O) groups excluding carboxylic acids is 2. The lowest BCUT2D eigenvalue weighted by molar-refractivity contribution is -0.139. The number of rotatable bonds is 10. The van der Waals surface area contributed by atoms with E-state index >= 15 is 0 Å². The summed E-state index contributed by atoms with van der Waals surface area (Å²) in [6, 6.07) is 11.8. The highest BCUT2D eigenvalue weighted by Crippen LogP contribution is 2.26. The number of hydrogen-bond acceptors (Lipinski definition) is 4. The number of anilines is 1. The van der Waals surface area contributed by atoms with E-state index in [-0.39, 0.29) is 17.9 Å². The maximum atomic E-state index is 13.5. The smallest absolute Gasteiger partial charge is 0.244 e. The van der Waals surface area contributed by atoms with Crippen LogP contribution in [0, 0.1) is 5.82 Å². The molecule has 2 rings (SSSR count). The Hall–Kier alpha value is -2.94. The standard InChI is InChI=1S/C26H36FN3O4S/c1-7-16-28-25(32)19(2)29(17-20-8-12-22(27)13-9-20)24(31)18-30(35(6,33)34)23-14-10-21(11-15-23)26(3,4)5/h8-15,19H,7,16-18H2,1-6H3,(H,28,32). The van der Waals surface area contributed by atoms with Crippen LogP contribution in [0.25, 0.3) is 0 Å². The molecular formula is C26H36FN3O4S. The first-order valence-electron chi connectivity index (χ1n) is 11.6. The van der Waals surface area contributed by atoms with E-state index in [2.05, 4.69) is 26.1 Å². The molecule has 35 heavy (non-hydrogen) atoms. The maximum absolute atomic E-state index is 13.5. The van der Waals surface area contributed by atoms with Crippen LogP contribution in [0.5, 0.6) is 0 Å². The molecule has 192 valence electrons. The van der Waals surface area contributed by atoms with Crippen molar-refractivity contribution >= 4 is 27.5 Å². The molecule has 0 aromatic heterocycles. The van der Waals surface area contributed by atoms with Crippen molar-refractivity contribution in [3.63, 3.8) is 0 Å². The van der Waals surface area contributed by atoms with Crippen LogP contribution in [-0.4, -0.2) is 50.5 Å². The molecule has 9 heteroatoms. The minimum Gasteiger partial charge on any atom is -0.354 e. The molecule has 0 saturated carbocycles. The molecule has 2 aromatic carbocycles. The zero-order valence-electron chi connectivity index (χ0n) is 21.3. The molecule has 0 heterocycles. The third kappa shape index (κ3) is 8.06. The lowest BCUT2D eigenvalue weighted by atomic mass is 9.87. The van der Waals surface area contributed by atoms with Crippen molar-refractivity contribution in [1.82, 2.24) is 10.2 Å². The van der Waals surface area contributed by atoms with Gasteiger partial charge in [0.2, 0.25) is 21.8 Å². The Kier molecular flexibility index (Phi) is 9.43. The first-order valence-corrected chi connectivity index (χ1v) is 13.5. The van der Waals surface area contributed by atoms with Gasteiger partial charge in [-0.1, -0.05) is 52.0 Å². The minimum atomic E-state index is -3.80. The van der Waals surface area contributed by atoms with Gasteiger partial charge < -0.3 is 10.2 Å². The molecule has 1 atom stereocenters. The van der Waals surface area contributed by atoms with E-state index in [4.69, 9.17) is 0 Å². The van der Waals surface area contributed by atoms with Gasteiger partial charge in [0.25, 0.3) is 0 Å². The zero-order chi connectivity index (χ0) is 26.4. The van der Waals surface area contributed by atoms with Crippen LogP contribution in [0.4, 0.5) is 10.1 Å². The topological polar surface area (TPSA) is 86.8 Å². The van der Waals surface area contributed by atoms with Crippen LogP contribution in [0.1, 0.15) is 52.2 Å². The molecule has 0 aliphatic carbocycles. The Bertz CT molecular complexity index is 1110. The van der Waals surface area contributed by atoms with E-state index in [1.807, 2.05) is 19.1 Å². The van der Waals surface area contributed by atoms with Crippen LogP contribution in [-0.2, 0) is 31.6 Å². The lowest BCUT2D eigenvalue weighted by Crippen LogP contribution is -2.51. The van der Waals surface area contributed by atoms with Crippen molar-refractivity contribution < 1.29 is 22.4 Å². The second-order valence-corrected chi connectivity index (χ2v) is 11.6. The van der Waals surface area contributed by atoms with E-state index < -0.39 is 34.3 Å². The highest BCUT2D eigenvalue weighted by atomic mass is 32.2. The first-order chi connectivity index (χ1) is 16.2. The minimum absolute atomic E-state index is 0.0282. The fraction of sp³-hybridized carbons (Fsp3) is 0.462. The summed E-state index contributed by atoms with van der Waals surface area (Å²) in [6.07, 6.45) is 1.77. The lowest BCUT2D eigenvalue weighted by Gasteiger charge is -2.31. The predicted molar refractivity (Wildman–Crippen MR) is 137 cm³/mol. The normalized spacial score (nSPS) is 12.7. The molecule has 0 saturated heterocycles. The Morgan fingerprint density at radius 1 is 1.03 bits per heavy atom. The van der Waals surface area contributed by atoms with Crippen molar-refractivity contribution in [1.29, 1.82) is 0 Å². The number of nitrogens with one attached hydrogen (secondary N) is 1. The third-order valence-electron chi connectivity index (χ3n) is 5.68. The number of hydrogen-bond donors (Lipinski definition) is 1. The summed E-state index contributed by atoms with van der Waals surface area (Å²) in [6.45, 7) is 9.68. The zero-order valence-corrected chi connectivity index (χ0v) is 22.2. The van der Waals surface area contributed by atoms with Crippen LogP contribution in [0.2, 0.25) is 0 Å². The van der Waals surface area contributed by atoms with Gasteiger partial charge in [0.1, 0.15) is 18.4 Å². The number of carbonyl (C=O) groups is 2. The van der Waals surface area contributed by atoms with Crippen LogP contribution < -0.4 is 9.62 Å². The molecule has 2 amide bonds. The molecule has 0 spiro atoms. The molecule has 7 nitrogen and oxygen atoms in total. The highest BCUT2D eigenvalue weighted by Gasteiger charge is 2.30. The SMILES string of the molecule is CCCNC(=O)C(C)N(Cc1ccc(F)cc1)C(=O)CN(c1ccc(C(C)(C)C)cc1)S(C)(=O)=O. The van der Waals surface area contributed by atoms with E-state index in [1.165, 1.54) is 29.2 Å². The first kappa shape index (κ1) is 28.3. The van der Waals surface area contributed by atoms with Crippen LogP contribution in [0.15, 0.2) is 48.5 Å². The summed E-state index contributed by atoms with van der Waals surface area (Å²) in [5, 5.41) is 2.77. The molecule has 0 bridgehead atoms. The molecule has 1 N–H and O–H groups in total. The van der Waals surface area contributed by atoms with Crippen molar-refractivity contribution in [3.8, 4) is 0 Å². The second kappa shape index (κ2) is 11.7. The molecular weight excluding hydrogens is 469 g/mol. The second-order valence-electron chi connectivity index (χ2n) is 9.68. The Morgan fingerprint density at radius 3 is 2.09 bits per heavy atom. The highest BCUT2D eigenvalue weighted by molar-refractivity contribution is 7.92. The van der Waals surface area contributed by atoms with Gasteiger partial charge in [0.15, 0.2) is 0 Å². The average molecular weight is 506 g/mol.